The summed E-state index contributed by atoms with van der Waals surface area (Å²) in [6.07, 6.45) is 0.889. The Balaban J connectivity index is 2.03. The third-order valence-corrected chi connectivity index (χ3v) is 5.44. The molecule has 1 heterocycles. The monoisotopic (exact) mass is 452 g/mol. The molecular weight excluding hydrogens is 420 g/mol. The number of aliphatic hydroxyl groups excluding tert-OH is 1. The van der Waals surface area contributed by atoms with E-state index in [9.17, 15) is 14.7 Å². The Morgan fingerprint density at radius 3 is 2.15 bits per heavy atom. The average molecular weight is 453 g/mol. The third-order valence-electron chi connectivity index (χ3n) is 5.44. The molecule has 176 valence electrons. The Kier molecular flexibility index (Phi) is 8.11. The van der Waals surface area contributed by atoms with Crippen molar-refractivity contribution < 1.29 is 24.2 Å². The number of ether oxygens (including phenoxy) is 2. The average Bonchev–Trinajstić information content (AvgIpc) is 3.06. The summed E-state index contributed by atoms with van der Waals surface area (Å²) in [6, 6.07) is 13.5. The number of hydrogen-bond acceptors (Lipinski definition) is 6. The van der Waals surface area contributed by atoms with Gasteiger partial charge in [-0.3, -0.25) is 9.59 Å². The van der Waals surface area contributed by atoms with E-state index >= 15 is 0 Å². The number of ketones is 1. The molecule has 33 heavy (non-hydrogen) atoms. The van der Waals surface area contributed by atoms with Crippen LogP contribution in [0, 0.1) is 0 Å². The zero-order valence-corrected chi connectivity index (χ0v) is 19.7. The largest absolute Gasteiger partial charge is 0.507 e. The molecule has 0 aromatic heterocycles. The second kappa shape index (κ2) is 11.0. The van der Waals surface area contributed by atoms with Crippen LogP contribution in [0.3, 0.4) is 0 Å². The molecule has 7 nitrogen and oxygen atoms in total. The van der Waals surface area contributed by atoms with Crippen LogP contribution in [-0.4, -0.2) is 67.0 Å². The van der Waals surface area contributed by atoms with Crippen molar-refractivity contribution in [3.8, 4) is 11.5 Å². The van der Waals surface area contributed by atoms with Gasteiger partial charge in [-0.25, -0.2) is 0 Å². The van der Waals surface area contributed by atoms with E-state index in [1.54, 1.807) is 24.3 Å². The lowest BCUT2D eigenvalue weighted by molar-refractivity contribution is -0.140. The van der Waals surface area contributed by atoms with E-state index in [1.807, 2.05) is 57.1 Å². The van der Waals surface area contributed by atoms with Gasteiger partial charge in [0.25, 0.3) is 11.7 Å². The van der Waals surface area contributed by atoms with Gasteiger partial charge in [0.2, 0.25) is 0 Å². The fraction of sp³-hybridized carbons (Fsp3) is 0.385. The number of likely N-dealkylation sites (tertiary alicyclic amines) is 1. The number of carbonyl (C=O) groups is 2. The van der Waals surface area contributed by atoms with Gasteiger partial charge in [0.15, 0.2) is 0 Å². The summed E-state index contributed by atoms with van der Waals surface area (Å²) >= 11 is 0. The van der Waals surface area contributed by atoms with Crippen LogP contribution in [0.25, 0.3) is 5.76 Å². The molecule has 1 unspecified atom stereocenters. The fourth-order valence-electron chi connectivity index (χ4n) is 3.76. The van der Waals surface area contributed by atoms with Crippen LogP contribution >= 0.6 is 0 Å². The quantitative estimate of drug-likeness (QED) is 0.335. The molecule has 7 heteroatoms. The number of Topliss-reactive ketones (excluding diaryl/α,β-unsaturated/α-hetero) is 1. The molecule has 0 radical (unpaired) electrons. The lowest BCUT2D eigenvalue weighted by Gasteiger charge is -2.26. The van der Waals surface area contributed by atoms with Crippen LogP contribution in [0.5, 0.6) is 11.5 Å². The van der Waals surface area contributed by atoms with Crippen LogP contribution in [0.15, 0.2) is 54.1 Å². The second-order valence-corrected chi connectivity index (χ2v) is 8.17. The SMILES string of the molecule is CCCOc1ccc(/C(O)=C2\C(=O)C(=O)N(CCN(C)C)C2c2ccc(OCC)cc2)cc1. The van der Waals surface area contributed by atoms with Crippen molar-refractivity contribution in [1.82, 2.24) is 9.80 Å². The molecule has 1 fully saturated rings. The molecular formula is C26H32N2O5. The second-order valence-electron chi connectivity index (χ2n) is 8.17. The molecule has 0 spiro atoms. The van der Waals surface area contributed by atoms with E-state index in [0.29, 0.717) is 43.4 Å². The van der Waals surface area contributed by atoms with E-state index < -0.39 is 17.7 Å². The summed E-state index contributed by atoms with van der Waals surface area (Å²) in [5.41, 5.74) is 1.28. The highest BCUT2D eigenvalue weighted by Crippen LogP contribution is 2.39. The number of carbonyl (C=O) groups excluding carboxylic acids is 2. The number of likely N-dealkylation sites (N-methyl/N-ethyl adjacent to an activating group) is 1. The first-order valence-electron chi connectivity index (χ1n) is 11.3. The first-order chi connectivity index (χ1) is 15.9. The van der Waals surface area contributed by atoms with E-state index in [0.717, 1.165) is 12.0 Å². The predicted octanol–water partition coefficient (Wildman–Crippen LogP) is 3.86. The van der Waals surface area contributed by atoms with Crippen molar-refractivity contribution >= 4 is 17.4 Å². The van der Waals surface area contributed by atoms with Crippen molar-refractivity contribution in [2.75, 3.05) is 40.4 Å². The zero-order chi connectivity index (χ0) is 24.0. The Labute approximate surface area is 195 Å². The Hall–Kier alpha value is -3.32. The van der Waals surface area contributed by atoms with Gasteiger partial charge in [-0.1, -0.05) is 19.1 Å². The van der Waals surface area contributed by atoms with Gasteiger partial charge in [-0.2, -0.15) is 0 Å². The van der Waals surface area contributed by atoms with Crippen molar-refractivity contribution in [2.24, 2.45) is 0 Å². The van der Waals surface area contributed by atoms with E-state index in [-0.39, 0.29) is 11.3 Å². The number of amides is 1. The maximum absolute atomic E-state index is 13.1. The molecule has 2 aromatic carbocycles. The lowest BCUT2D eigenvalue weighted by atomic mass is 9.95. The number of rotatable bonds is 10. The molecule has 0 bridgehead atoms. The Bertz CT molecular complexity index is 996. The zero-order valence-electron chi connectivity index (χ0n) is 19.7. The minimum absolute atomic E-state index is 0.0881. The number of nitrogens with zero attached hydrogens (tertiary/aromatic N) is 2. The molecule has 3 rings (SSSR count). The molecule has 2 aromatic rings. The lowest BCUT2D eigenvalue weighted by Crippen LogP contribution is -2.35. The third kappa shape index (κ3) is 5.54. The topological polar surface area (TPSA) is 79.3 Å². The number of benzene rings is 2. The van der Waals surface area contributed by atoms with Crippen molar-refractivity contribution in [3.05, 3.63) is 65.2 Å². The van der Waals surface area contributed by atoms with Gasteiger partial charge >= 0.3 is 0 Å². The summed E-state index contributed by atoms with van der Waals surface area (Å²) in [5.74, 6) is -0.102. The highest BCUT2D eigenvalue weighted by atomic mass is 16.5. The van der Waals surface area contributed by atoms with Gasteiger partial charge in [-0.15, -0.1) is 0 Å². The smallest absolute Gasteiger partial charge is 0.295 e. The fourth-order valence-corrected chi connectivity index (χ4v) is 3.76. The van der Waals surface area contributed by atoms with E-state index in [1.165, 1.54) is 4.90 Å². The maximum atomic E-state index is 13.1. The van der Waals surface area contributed by atoms with Crippen molar-refractivity contribution in [1.29, 1.82) is 0 Å². The van der Waals surface area contributed by atoms with Gasteiger partial charge < -0.3 is 24.4 Å². The van der Waals surface area contributed by atoms with Crippen molar-refractivity contribution in [2.45, 2.75) is 26.3 Å². The molecule has 1 aliphatic heterocycles. The number of aliphatic hydroxyl groups is 1. The van der Waals surface area contributed by atoms with Crippen LogP contribution < -0.4 is 9.47 Å². The predicted molar refractivity (Wildman–Crippen MR) is 127 cm³/mol. The van der Waals surface area contributed by atoms with E-state index in [4.69, 9.17) is 9.47 Å². The normalized spacial score (nSPS) is 17.6. The Morgan fingerprint density at radius 1 is 0.970 bits per heavy atom. The molecule has 1 aliphatic rings. The summed E-state index contributed by atoms with van der Waals surface area (Å²) in [7, 11) is 3.81. The molecule has 1 atom stereocenters. The summed E-state index contributed by atoms with van der Waals surface area (Å²) in [6.45, 7) is 6.01. The van der Waals surface area contributed by atoms with Gasteiger partial charge in [0.05, 0.1) is 24.8 Å². The van der Waals surface area contributed by atoms with Gasteiger partial charge in [-0.05, 0) is 69.4 Å². The summed E-state index contributed by atoms with van der Waals surface area (Å²) in [4.78, 5) is 29.5. The van der Waals surface area contributed by atoms with Crippen LogP contribution in [0.4, 0.5) is 0 Å². The molecule has 1 saturated heterocycles. The summed E-state index contributed by atoms with van der Waals surface area (Å²) in [5, 5.41) is 11.1. The van der Waals surface area contributed by atoms with E-state index in [2.05, 4.69) is 0 Å². The van der Waals surface area contributed by atoms with Gasteiger partial charge in [0, 0.05) is 18.7 Å². The van der Waals surface area contributed by atoms with Crippen LogP contribution in [0.2, 0.25) is 0 Å². The first-order valence-corrected chi connectivity index (χ1v) is 11.3. The molecule has 0 saturated carbocycles. The summed E-state index contributed by atoms with van der Waals surface area (Å²) < 4.78 is 11.1. The minimum Gasteiger partial charge on any atom is -0.507 e. The molecule has 1 amide bonds. The molecule has 0 aliphatic carbocycles. The Morgan fingerprint density at radius 2 is 1.58 bits per heavy atom. The van der Waals surface area contributed by atoms with Gasteiger partial charge in [0.1, 0.15) is 17.3 Å². The number of hydrogen-bond donors (Lipinski definition) is 1. The molecule has 1 N–H and O–H groups in total. The van der Waals surface area contributed by atoms with Crippen LogP contribution in [0.1, 0.15) is 37.4 Å². The van der Waals surface area contributed by atoms with Crippen molar-refractivity contribution in [3.63, 3.8) is 0 Å². The van der Waals surface area contributed by atoms with Crippen LogP contribution in [-0.2, 0) is 9.59 Å². The first kappa shape index (κ1) is 24.3. The maximum Gasteiger partial charge on any atom is 0.295 e. The highest BCUT2D eigenvalue weighted by Gasteiger charge is 2.45. The standard InChI is InChI=1S/C26H32N2O5/c1-5-17-33-21-13-9-19(10-14-21)24(29)22-23(18-7-11-20(12-8-18)32-6-2)28(16-15-27(3)4)26(31)25(22)30/h7-14,23,29H,5-6,15-17H2,1-4H3/b24-22+. The highest BCUT2D eigenvalue weighted by molar-refractivity contribution is 6.46. The minimum atomic E-state index is -0.684.